The van der Waals surface area contributed by atoms with Crippen LogP contribution in [0.25, 0.3) is 0 Å². The Kier molecular flexibility index (Phi) is 6.10. The lowest BCUT2D eigenvalue weighted by molar-refractivity contribution is 0.245. The van der Waals surface area contributed by atoms with Crippen molar-refractivity contribution in [3.8, 4) is 11.5 Å². The lowest BCUT2D eigenvalue weighted by Gasteiger charge is -2.15. The predicted octanol–water partition coefficient (Wildman–Crippen LogP) is 3.94. The first kappa shape index (κ1) is 15.4. The second kappa shape index (κ2) is 8.32. The van der Waals surface area contributed by atoms with Crippen molar-refractivity contribution in [1.82, 2.24) is 0 Å². The Morgan fingerprint density at radius 3 is 2.33 bits per heavy atom. The summed E-state index contributed by atoms with van der Waals surface area (Å²) in [5.74, 6) is 1.78. The van der Waals surface area contributed by atoms with Crippen LogP contribution in [-0.2, 0) is 0 Å². The summed E-state index contributed by atoms with van der Waals surface area (Å²) >= 11 is 0. The third-order valence-corrected chi connectivity index (χ3v) is 3.32. The van der Waals surface area contributed by atoms with Crippen LogP contribution in [0.1, 0.15) is 31.4 Å². The van der Waals surface area contributed by atoms with E-state index in [1.165, 1.54) is 0 Å². The number of hydrogen-bond acceptors (Lipinski definition) is 3. The van der Waals surface area contributed by atoms with Crippen molar-refractivity contribution in [2.24, 2.45) is 5.73 Å². The zero-order valence-corrected chi connectivity index (χ0v) is 12.5. The molecule has 0 amide bonds. The van der Waals surface area contributed by atoms with Gasteiger partial charge in [-0.25, -0.2) is 0 Å². The van der Waals surface area contributed by atoms with Gasteiger partial charge in [-0.05, 0) is 24.6 Å². The second-order valence-electron chi connectivity index (χ2n) is 4.92. The van der Waals surface area contributed by atoms with E-state index in [0.29, 0.717) is 13.2 Å². The Hall–Kier alpha value is -2.00. The van der Waals surface area contributed by atoms with Gasteiger partial charge < -0.3 is 15.2 Å². The van der Waals surface area contributed by atoms with E-state index in [2.05, 4.69) is 6.92 Å². The smallest absolute Gasteiger partial charge is 0.124 e. The van der Waals surface area contributed by atoms with Gasteiger partial charge in [0.15, 0.2) is 0 Å². The maximum absolute atomic E-state index is 6.10. The quantitative estimate of drug-likeness (QED) is 0.747. The second-order valence-corrected chi connectivity index (χ2v) is 4.92. The molecule has 0 fully saturated rings. The Morgan fingerprint density at radius 2 is 1.57 bits per heavy atom. The normalized spacial score (nSPS) is 11.9. The summed E-state index contributed by atoms with van der Waals surface area (Å²) in [6, 6.07) is 17.8. The number of para-hydroxylation sites is 2. The van der Waals surface area contributed by atoms with Gasteiger partial charge in [0.2, 0.25) is 0 Å². The van der Waals surface area contributed by atoms with Gasteiger partial charge >= 0.3 is 0 Å². The molecule has 0 heterocycles. The first-order chi connectivity index (χ1) is 10.3. The third kappa shape index (κ3) is 4.80. The predicted molar refractivity (Wildman–Crippen MR) is 85.7 cm³/mol. The molecule has 1 unspecified atom stereocenters. The number of ether oxygens (including phenoxy) is 2. The Labute approximate surface area is 126 Å². The van der Waals surface area contributed by atoms with Crippen molar-refractivity contribution in [2.75, 3.05) is 13.2 Å². The Bertz CT molecular complexity index is 528. The molecule has 0 aromatic heterocycles. The molecule has 3 heteroatoms. The largest absolute Gasteiger partial charge is 0.493 e. The molecule has 0 radical (unpaired) electrons. The molecule has 1 atom stereocenters. The molecule has 2 aromatic rings. The molecule has 21 heavy (non-hydrogen) atoms. The van der Waals surface area contributed by atoms with Crippen LogP contribution >= 0.6 is 0 Å². The molecule has 2 rings (SSSR count). The molecule has 2 N–H and O–H groups in total. The first-order valence-corrected chi connectivity index (χ1v) is 7.46. The third-order valence-electron chi connectivity index (χ3n) is 3.32. The van der Waals surface area contributed by atoms with Crippen molar-refractivity contribution in [1.29, 1.82) is 0 Å². The van der Waals surface area contributed by atoms with E-state index in [1.54, 1.807) is 0 Å². The van der Waals surface area contributed by atoms with Crippen LogP contribution < -0.4 is 15.2 Å². The average Bonchev–Trinajstić information content (AvgIpc) is 2.55. The van der Waals surface area contributed by atoms with Crippen LogP contribution in [-0.4, -0.2) is 13.2 Å². The van der Waals surface area contributed by atoms with Crippen molar-refractivity contribution < 1.29 is 9.47 Å². The van der Waals surface area contributed by atoms with Crippen LogP contribution in [0.4, 0.5) is 0 Å². The SMILES string of the molecule is CCC(N)c1ccccc1OCCCOc1ccccc1. The summed E-state index contributed by atoms with van der Waals surface area (Å²) in [7, 11) is 0. The lowest BCUT2D eigenvalue weighted by Crippen LogP contribution is -2.12. The van der Waals surface area contributed by atoms with E-state index in [-0.39, 0.29) is 6.04 Å². The van der Waals surface area contributed by atoms with Crippen molar-refractivity contribution in [3.63, 3.8) is 0 Å². The summed E-state index contributed by atoms with van der Waals surface area (Å²) in [4.78, 5) is 0. The van der Waals surface area contributed by atoms with Crippen molar-refractivity contribution in [3.05, 3.63) is 60.2 Å². The van der Waals surface area contributed by atoms with Gasteiger partial charge in [-0.15, -0.1) is 0 Å². The molecule has 0 aliphatic heterocycles. The van der Waals surface area contributed by atoms with Gasteiger partial charge in [0, 0.05) is 18.0 Å². The number of hydrogen-bond donors (Lipinski definition) is 1. The molecule has 0 aliphatic carbocycles. The van der Waals surface area contributed by atoms with Crippen LogP contribution in [0.5, 0.6) is 11.5 Å². The van der Waals surface area contributed by atoms with Gasteiger partial charge in [-0.1, -0.05) is 43.3 Å². The molecule has 112 valence electrons. The summed E-state index contributed by atoms with van der Waals surface area (Å²) in [6.45, 7) is 3.35. The van der Waals surface area contributed by atoms with E-state index >= 15 is 0 Å². The Morgan fingerprint density at radius 1 is 0.905 bits per heavy atom. The van der Waals surface area contributed by atoms with Crippen LogP contribution in [0.3, 0.4) is 0 Å². The Balaban J connectivity index is 1.76. The lowest BCUT2D eigenvalue weighted by atomic mass is 10.0. The van der Waals surface area contributed by atoms with Crippen molar-refractivity contribution >= 4 is 0 Å². The molecule has 0 saturated carbocycles. The highest BCUT2D eigenvalue weighted by molar-refractivity contribution is 5.35. The summed E-state index contributed by atoms with van der Waals surface area (Å²) in [6.07, 6.45) is 1.74. The van der Waals surface area contributed by atoms with Crippen LogP contribution in [0.15, 0.2) is 54.6 Å². The maximum Gasteiger partial charge on any atom is 0.124 e. The fraction of sp³-hybridized carbons (Fsp3) is 0.333. The highest BCUT2D eigenvalue weighted by Gasteiger charge is 2.09. The molecule has 0 spiro atoms. The summed E-state index contributed by atoms with van der Waals surface area (Å²) in [5.41, 5.74) is 7.17. The molecule has 0 bridgehead atoms. The minimum absolute atomic E-state index is 0.0294. The monoisotopic (exact) mass is 285 g/mol. The van der Waals surface area contributed by atoms with Gasteiger partial charge in [0.25, 0.3) is 0 Å². The molecular weight excluding hydrogens is 262 g/mol. The van der Waals surface area contributed by atoms with Crippen LogP contribution in [0, 0.1) is 0 Å². The van der Waals surface area contributed by atoms with E-state index in [9.17, 15) is 0 Å². The molecular formula is C18H23NO2. The van der Waals surface area contributed by atoms with E-state index in [1.807, 2.05) is 54.6 Å². The topological polar surface area (TPSA) is 44.5 Å². The minimum Gasteiger partial charge on any atom is -0.493 e. The standard InChI is InChI=1S/C18H23NO2/c1-2-17(19)16-11-6-7-12-18(16)21-14-8-13-20-15-9-4-3-5-10-15/h3-7,9-12,17H,2,8,13-14,19H2,1H3. The summed E-state index contributed by atoms with van der Waals surface area (Å²) < 4.78 is 11.5. The zero-order valence-electron chi connectivity index (χ0n) is 12.5. The highest BCUT2D eigenvalue weighted by atomic mass is 16.5. The minimum atomic E-state index is 0.0294. The van der Waals surface area contributed by atoms with Crippen molar-refractivity contribution in [2.45, 2.75) is 25.8 Å². The van der Waals surface area contributed by atoms with E-state index < -0.39 is 0 Å². The van der Waals surface area contributed by atoms with Gasteiger partial charge in [0.1, 0.15) is 11.5 Å². The zero-order chi connectivity index (χ0) is 14.9. The fourth-order valence-electron chi connectivity index (χ4n) is 2.09. The van der Waals surface area contributed by atoms with E-state index in [0.717, 1.165) is 29.9 Å². The first-order valence-electron chi connectivity index (χ1n) is 7.46. The van der Waals surface area contributed by atoms with Crippen LogP contribution in [0.2, 0.25) is 0 Å². The van der Waals surface area contributed by atoms with Gasteiger partial charge in [-0.2, -0.15) is 0 Å². The highest BCUT2D eigenvalue weighted by Crippen LogP contribution is 2.25. The molecule has 2 aromatic carbocycles. The number of rotatable bonds is 8. The number of nitrogens with two attached hydrogens (primary N) is 1. The molecule has 0 saturated heterocycles. The molecule has 3 nitrogen and oxygen atoms in total. The average molecular weight is 285 g/mol. The maximum atomic E-state index is 6.10. The van der Waals surface area contributed by atoms with E-state index in [4.69, 9.17) is 15.2 Å². The summed E-state index contributed by atoms with van der Waals surface area (Å²) in [5, 5.41) is 0. The molecule has 0 aliphatic rings. The number of benzene rings is 2. The van der Waals surface area contributed by atoms with Gasteiger partial charge in [0.05, 0.1) is 13.2 Å². The van der Waals surface area contributed by atoms with Gasteiger partial charge in [-0.3, -0.25) is 0 Å². The fourth-order valence-corrected chi connectivity index (χ4v) is 2.09.